The van der Waals surface area contributed by atoms with E-state index in [1.54, 1.807) is 0 Å². The van der Waals surface area contributed by atoms with Gasteiger partial charge in [-0.1, -0.05) is 0 Å². The molecule has 0 radical (unpaired) electrons. The minimum atomic E-state index is -5.17. The van der Waals surface area contributed by atoms with Gasteiger partial charge in [-0.2, -0.15) is 0 Å². The summed E-state index contributed by atoms with van der Waals surface area (Å²) in [7, 11) is -5.17. The zero-order valence-electron chi connectivity index (χ0n) is 9.62. The summed E-state index contributed by atoms with van der Waals surface area (Å²) in [6.07, 6.45) is 0. The monoisotopic (exact) mass is 357 g/mol. The Morgan fingerprint density at radius 1 is 0.474 bits per heavy atom. The SMILES string of the molecule is O.O.O.O.O.O.O.O.O.O.O.O.O=S(=O)([O-])[O-].[Al+3].[NH4+]. The van der Waals surface area contributed by atoms with Crippen LogP contribution in [0.4, 0.5) is 0 Å². The minimum absolute atomic E-state index is 0. The Balaban J connectivity index is -0.000000000879. The van der Waals surface area contributed by atoms with Crippen molar-refractivity contribution in [3.8, 4) is 0 Å². The first-order chi connectivity index (χ1) is 2.00. The summed E-state index contributed by atoms with van der Waals surface area (Å²) in [5.74, 6) is 0. The summed E-state index contributed by atoms with van der Waals surface area (Å²) in [5, 5.41) is 0. The van der Waals surface area contributed by atoms with Gasteiger partial charge in [0.1, 0.15) is 0 Å². The van der Waals surface area contributed by atoms with Crippen LogP contribution in [0.2, 0.25) is 0 Å². The van der Waals surface area contributed by atoms with Crippen molar-refractivity contribution in [2.24, 2.45) is 0 Å². The third-order valence-electron chi connectivity index (χ3n) is 0. The molecule has 0 aromatic carbocycles. The molecule has 0 aromatic heterocycles. The molecule has 0 fully saturated rings. The Morgan fingerprint density at radius 3 is 0.474 bits per heavy atom. The quantitative estimate of drug-likeness (QED) is 0.250. The van der Waals surface area contributed by atoms with Crippen molar-refractivity contribution in [2.75, 3.05) is 0 Å². The van der Waals surface area contributed by atoms with Crippen LogP contribution >= 0.6 is 0 Å². The second kappa shape index (κ2) is 147. The van der Waals surface area contributed by atoms with Crippen molar-refractivity contribution in [1.29, 1.82) is 0 Å². The van der Waals surface area contributed by atoms with E-state index in [1.807, 2.05) is 0 Å². The van der Waals surface area contributed by atoms with Crippen LogP contribution < -0.4 is 6.15 Å². The van der Waals surface area contributed by atoms with Crippen molar-refractivity contribution < 1.29 is 83.2 Å². The molecule has 0 heterocycles. The first-order valence-corrected chi connectivity index (χ1v) is 2.00. The van der Waals surface area contributed by atoms with Crippen LogP contribution in [0.1, 0.15) is 0 Å². The van der Waals surface area contributed by atoms with Crippen molar-refractivity contribution in [1.82, 2.24) is 6.15 Å². The minimum Gasteiger partial charge on any atom is -0.759 e. The van der Waals surface area contributed by atoms with Gasteiger partial charge in [0.15, 0.2) is 0 Å². The zero-order valence-corrected chi connectivity index (χ0v) is 11.6. The van der Waals surface area contributed by atoms with E-state index >= 15 is 0 Å². The smallest absolute Gasteiger partial charge is 0.759 e. The maximum Gasteiger partial charge on any atom is 3.00 e. The first-order valence-electron chi connectivity index (χ1n) is 0.667. The summed E-state index contributed by atoms with van der Waals surface area (Å²) in [5.41, 5.74) is 0. The van der Waals surface area contributed by atoms with E-state index in [0.29, 0.717) is 0 Å². The largest absolute Gasteiger partial charge is 3.00 e. The van der Waals surface area contributed by atoms with Crippen LogP contribution in [-0.2, 0) is 10.4 Å². The summed E-state index contributed by atoms with van der Waals surface area (Å²) in [6, 6.07) is 0. The van der Waals surface area contributed by atoms with Crippen LogP contribution in [0.3, 0.4) is 0 Å². The second-order valence-electron chi connectivity index (χ2n) is 0.408. The van der Waals surface area contributed by atoms with Gasteiger partial charge >= 0.3 is 17.4 Å². The molecule has 0 saturated heterocycles. The molecule has 0 bridgehead atoms. The third kappa shape index (κ3) is 327000. The fourth-order valence-electron chi connectivity index (χ4n) is 0. The molecule has 0 spiro atoms. The summed E-state index contributed by atoms with van der Waals surface area (Å²) in [4.78, 5) is 0. The predicted octanol–water partition coefficient (Wildman–Crippen LogP) is -11.2. The summed E-state index contributed by atoms with van der Waals surface area (Å²) < 4.78 is 34.1. The van der Waals surface area contributed by atoms with Crippen molar-refractivity contribution in [2.45, 2.75) is 0 Å². The molecule has 0 amide bonds. The molecule has 136 valence electrons. The van der Waals surface area contributed by atoms with Gasteiger partial charge in [0.2, 0.25) is 0 Å². The average molecular weight is 357 g/mol. The number of hydrogen-bond acceptors (Lipinski definition) is 4. The standard InChI is InChI=1S/Al.H3N.H2O4S.12H2O/c;;1-5(2,3)4;;;;;;;;;;;;/h;1H3;(H2,1,2,3,4);12*1H2/q+3;;;;;;;;;;;;;;/p-1. The second-order valence-corrected chi connectivity index (χ2v) is 1.22. The maximum absolute atomic E-state index is 8.52. The Kier molecular flexibility index (Phi) is 3110. The van der Waals surface area contributed by atoms with Crippen LogP contribution in [0, 0.1) is 0 Å². The van der Waals surface area contributed by atoms with Crippen molar-refractivity contribution >= 4 is 27.8 Å². The number of rotatable bonds is 0. The maximum atomic E-state index is 8.52. The molecule has 0 unspecified atom stereocenters. The van der Waals surface area contributed by atoms with E-state index in [0.717, 1.165) is 0 Å². The van der Waals surface area contributed by atoms with Crippen LogP contribution in [0.5, 0.6) is 0 Å². The molecular formula is H28AlNO16S+2. The van der Waals surface area contributed by atoms with E-state index in [9.17, 15) is 0 Å². The topological polar surface area (TPSA) is 495 Å². The van der Waals surface area contributed by atoms with E-state index in [4.69, 9.17) is 17.5 Å². The molecule has 0 atom stereocenters. The fraction of sp³-hybridized carbons (Fsp3) is 0. The number of hydrogen-bond donors (Lipinski definition) is 1. The van der Waals surface area contributed by atoms with E-state index < -0.39 is 10.4 Å². The fourth-order valence-corrected chi connectivity index (χ4v) is 0. The van der Waals surface area contributed by atoms with Gasteiger partial charge in [-0.25, -0.2) is 0 Å². The van der Waals surface area contributed by atoms with Gasteiger partial charge in [0.05, 0.1) is 0 Å². The predicted molar refractivity (Wildman–Crippen MR) is 65.6 cm³/mol. The summed E-state index contributed by atoms with van der Waals surface area (Å²) in [6.45, 7) is 0. The van der Waals surface area contributed by atoms with Gasteiger partial charge < -0.3 is 81.0 Å². The molecule has 28 N–H and O–H groups in total. The Bertz CT molecular complexity index is 99.9. The molecule has 0 rings (SSSR count). The van der Waals surface area contributed by atoms with E-state index in [1.165, 1.54) is 0 Å². The normalized spacial score (nSPS) is 3.05. The third-order valence-corrected chi connectivity index (χ3v) is 0. The van der Waals surface area contributed by atoms with Crippen LogP contribution in [0.25, 0.3) is 0 Å². The van der Waals surface area contributed by atoms with Crippen LogP contribution in [-0.4, -0.2) is 101 Å². The van der Waals surface area contributed by atoms with Crippen molar-refractivity contribution in [3.63, 3.8) is 0 Å². The first kappa shape index (κ1) is 401. The molecule has 0 aliphatic rings. The van der Waals surface area contributed by atoms with Gasteiger partial charge in [-0.3, -0.25) is 8.42 Å². The molecule has 19 heavy (non-hydrogen) atoms. The molecular weight excluding hydrogens is 329 g/mol. The molecule has 19 heteroatoms. The van der Waals surface area contributed by atoms with E-state index in [2.05, 4.69) is 0 Å². The van der Waals surface area contributed by atoms with Crippen molar-refractivity contribution in [3.05, 3.63) is 0 Å². The Labute approximate surface area is 118 Å². The van der Waals surface area contributed by atoms with Gasteiger partial charge in [-0.15, -0.1) is 0 Å². The molecule has 0 saturated carbocycles. The van der Waals surface area contributed by atoms with Gasteiger partial charge in [0, 0.05) is 10.4 Å². The summed E-state index contributed by atoms with van der Waals surface area (Å²) >= 11 is 0. The molecule has 0 aliphatic carbocycles. The Morgan fingerprint density at radius 2 is 0.474 bits per heavy atom. The van der Waals surface area contributed by atoms with Gasteiger partial charge in [-0.05, 0) is 0 Å². The van der Waals surface area contributed by atoms with Crippen LogP contribution in [0.15, 0.2) is 0 Å². The zero-order chi connectivity index (χ0) is 4.50. The average Bonchev–Trinajstić information content (AvgIpc) is 0.722. The van der Waals surface area contributed by atoms with Gasteiger partial charge in [0.25, 0.3) is 0 Å². The molecule has 0 aliphatic heterocycles. The number of quaternary nitrogens is 1. The molecule has 0 aromatic rings. The molecule has 17 nitrogen and oxygen atoms in total. The van der Waals surface area contributed by atoms with E-state index in [-0.39, 0.29) is 89.2 Å². The Hall–Kier alpha value is -0.118.